The number of hydrogen-bond acceptors (Lipinski definition) is 6. The molecule has 150 valence electrons. The second-order valence-corrected chi connectivity index (χ2v) is 8.85. The number of allylic oxidation sites excluding steroid dienone is 1. The highest BCUT2D eigenvalue weighted by atomic mass is 32.2. The Labute approximate surface area is 171 Å². The van der Waals surface area contributed by atoms with Gasteiger partial charge in [0.05, 0.1) is 11.1 Å². The van der Waals surface area contributed by atoms with Crippen molar-refractivity contribution in [1.29, 1.82) is 0 Å². The fraction of sp³-hybridized carbons (Fsp3) is 0.474. The van der Waals surface area contributed by atoms with Gasteiger partial charge in [-0.15, -0.1) is 17.9 Å². The number of aromatic nitrogens is 2. The number of rotatable bonds is 6. The zero-order valence-corrected chi connectivity index (χ0v) is 17.7. The quantitative estimate of drug-likeness (QED) is 0.426. The fourth-order valence-corrected chi connectivity index (χ4v) is 5.54. The summed E-state index contributed by atoms with van der Waals surface area (Å²) in [7, 11) is 0. The molecule has 0 aromatic carbocycles. The fourth-order valence-electron chi connectivity index (χ4n) is 3.30. The van der Waals surface area contributed by atoms with Crippen LogP contribution in [0, 0.1) is 5.92 Å². The molecule has 2 heterocycles. The number of aryl methyl sites for hydroxylation is 1. The average Bonchev–Trinajstić information content (AvgIpc) is 3.00. The first-order valence-corrected chi connectivity index (χ1v) is 11.1. The predicted molar refractivity (Wildman–Crippen MR) is 113 cm³/mol. The van der Waals surface area contributed by atoms with Gasteiger partial charge in [0.2, 0.25) is 5.91 Å². The van der Waals surface area contributed by atoms with Crippen molar-refractivity contribution < 1.29 is 9.59 Å². The number of carbonyl (C=O) groups excluding carboxylic acids is 2. The molecule has 2 aromatic rings. The summed E-state index contributed by atoms with van der Waals surface area (Å²) in [5, 5.41) is 5.95. The van der Waals surface area contributed by atoms with Gasteiger partial charge >= 0.3 is 6.03 Å². The zero-order valence-electron chi connectivity index (χ0n) is 16.0. The molecule has 0 radical (unpaired) electrons. The van der Waals surface area contributed by atoms with E-state index in [1.54, 1.807) is 28.9 Å². The van der Waals surface area contributed by atoms with Crippen LogP contribution in [0.1, 0.15) is 30.7 Å². The van der Waals surface area contributed by atoms with Gasteiger partial charge in [-0.2, -0.15) is 0 Å². The largest absolute Gasteiger partial charge is 0.338 e. The van der Waals surface area contributed by atoms with Crippen LogP contribution in [0.25, 0.3) is 10.2 Å². The highest BCUT2D eigenvalue weighted by Gasteiger charge is 2.24. The van der Waals surface area contributed by atoms with Crippen molar-refractivity contribution in [3.8, 4) is 0 Å². The van der Waals surface area contributed by atoms with E-state index in [1.165, 1.54) is 4.88 Å². The SMILES string of the molecule is C=CCn1c(SCC(=O)NC(=O)NCC)nc2sc3c(c2c1=O)CC[C@H](C)C3. The van der Waals surface area contributed by atoms with Gasteiger partial charge < -0.3 is 5.32 Å². The lowest BCUT2D eigenvalue weighted by molar-refractivity contribution is -0.117. The Kier molecular flexibility index (Phi) is 6.56. The molecule has 3 amide bonds. The van der Waals surface area contributed by atoms with Crippen molar-refractivity contribution in [1.82, 2.24) is 20.2 Å². The van der Waals surface area contributed by atoms with Gasteiger partial charge in [-0.1, -0.05) is 24.8 Å². The maximum Gasteiger partial charge on any atom is 0.321 e. The van der Waals surface area contributed by atoms with Gasteiger partial charge in [0.15, 0.2) is 5.16 Å². The van der Waals surface area contributed by atoms with Crippen LogP contribution in [0.2, 0.25) is 0 Å². The summed E-state index contributed by atoms with van der Waals surface area (Å²) >= 11 is 2.73. The molecule has 0 fully saturated rings. The molecule has 0 saturated carbocycles. The predicted octanol–water partition coefficient (Wildman–Crippen LogP) is 2.71. The Hall–Kier alpha value is -2.13. The standard InChI is InChI=1S/C19H24N4O3S2/c1-4-8-23-17(25)15-12-7-6-11(3)9-13(12)28-16(15)22-19(23)27-10-14(24)21-18(26)20-5-2/h4,11H,1,5-10H2,2-3H3,(H2,20,21,24,26)/t11-/m0/s1. The molecule has 2 N–H and O–H groups in total. The lowest BCUT2D eigenvalue weighted by Gasteiger charge is -2.17. The summed E-state index contributed by atoms with van der Waals surface area (Å²) in [6, 6.07) is -0.528. The number of hydrogen-bond donors (Lipinski definition) is 2. The Balaban J connectivity index is 1.90. The number of thioether (sulfide) groups is 1. The number of carbonyl (C=O) groups is 2. The van der Waals surface area contributed by atoms with Crippen molar-refractivity contribution in [2.75, 3.05) is 12.3 Å². The average molecular weight is 421 g/mol. The minimum absolute atomic E-state index is 0.00561. The normalized spacial score (nSPS) is 15.9. The Morgan fingerprint density at radius 3 is 2.96 bits per heavy atom. The van der Waals surface area contributed by atoms with Crippen molar-refractivity contribution in [2.24, 2.45) is 5.92 Å². The lowest BCUT2D eigenvalue weighted by atomic mass is 9.89. The van der Waals surface area contributed by atoms with Crippen LogP contribution in [-0.2, 0) is 24.2 Å². The van der Waals surface area contributed by atoms with Gasteiger partial charge in [-0.3, -0.25) is 19.5 Å². The molecule has 1 atom stereocenters. The van der Waals surface area contributed by atoms with Crippen molar-refractivity contribution in [3.05, 3.63) is 33.4 Å². The summed E-state index contributed by atoms with van der Waals surface area (Å²) in [5.41, 5.74) is 1.06. The third-order valence-corrected chi connectivity index (χ3v) is 6.74. The first kappa shape index (κ1) is 20.6. The highest BCUT2D eigenvalue weighted by Crippen LogP contribution is 2.36. The molecule has 0 unspecified atom stereocenters. The third kappa shape index (κ3) is 4.30. The number of fused-ring (bicyclic) bond motifs is 3. The van der Waals surface area contributed by atoms with Crippen LogP contribution in [0.5, 0.6) is 0 Å². The Morgan fingerprint density at radius 1 is 1.46 bits per heavy atom. The molecule has 7 nitrogen and oxygen atoms in total. The van der Waals surface area contributed by atoms with E-state index >= 15 is 0 Å². The highest BCUT2D eigenvalue weighted by molar-refractivity contribution is 7.99. The number of amides is 3. The minimum Gasteiger partial charge on any atom is -0.338 e. The van der Waals surface area contributed by atoms with E-state index in [1.807, 2.05) is 0 Å². The summed E-state index contributed by atoms with van der Waals surface area (Å²) in [6.45, 7) is 8.49. The maximum absolute atomic E-state index is 13.2. The van der Waals surface area contributed by atoms with Crippen LogP contribution in [0.4, 0.5) is 4.79 Å². The van der Waals surface area contributed by atoms with Crippen LogP contribution >= 0.6 is 23.1 Å². The van der Waals surface area contributed by atoms with E-state index < -0.39 is 11.9 Å². The Bertz CT molecular complexity index is 980. The van der Waals surface area contributed by atoms with Crippen LogP contribution in [0.3, 0.4) is 0 Å². The van der Waals surface area contributed by atoms with Gasteiger partial charge in [0.1, 0.15) is 4.83 Å². The zero-order chi connectivity index (χ0) is 20.3. The molecule has 28 heavy (non-hydrogen) atoms. The van der Waals surface area contributed by atoms with Gasteiger partial charge in [-0.25, -0.2) is 9.78 Å². The number of nitrogens with one attached hydrogen (secondary N) is 2. The summed E-state index contributed by atoms with van der Waals surface area (Å²) in [5.74, 6) is 0.173. The monoisotopic (exact) mass is 420 g/mol. The van der Waals surface area contributed by atoms with Gasteiger partial charge in [0, 0.05) is 18.0 Å². The minimum atomic E-state index is -0.528. The van der Waals surface area contributed by atoms with Crippen LogP contribution < -0.4 is 16.2 Å². The van der Waals surface area contributed by atoms with Crippen molar-refractivity contribution in [3.63, 3.8) is 0 Å². The van der Waals surface area contributed by atoms with E-state index in [9.17, 15) is 14.4 Å². The van der Waals surface area contributed by atoms with E-state index in [-0.39, 0.29) is 11.3 Å². The van der Waals surface area contributed by atoms with E-state index in [0.29, 0.717) is 29.6 Å². The Morgan fingerprint density at radius 2 is 2.25 bits per heavy atom. The molecule has 9 heteroatoms. The maximum atomic E-state index is 13.2. The second-order valence-electron chi connectivity index (χ2n) is 6.83. The number of imide groups is 1. The van der Waals surface area contributed by atoms with E-state index in [0.717, 1.165) is 41.4 Å². The van der Waals surface area contributed by atoms with Crippen molar-refractivity contribution in [2.45, 2.75) is 44.8 Å². The van der Waals surface area contributed by atoms with Gasteiger partial charge in [-0.05, 0) is 37.7 Å². The third-order valence-electron chi connectivity index (χ3n) is 4.61. The molecule has 3 rings (SSSR count). The molecule has 2 aromatic heterocycles. The number of thiophene rings is 1. The van der Waals surface area contributed by atoms with E-state index in [2.05, 4.69) is 29.1 Å². The molecule has 0 spiro atoms. The van der Waals surface area contributed by atoms with Crippen LogP contribution in [-0.4, -0.2) is 33.8 Å². The molecule has 0 bridgehead atoms. The second kappa shape index (κ2) is 8.91. The number of nitrogens with zero attached hydrogens (tertiary/aromatic N) is 2. The first-order valence-electron chi connectivity index (χ1n) is 9.31. The molecule has 0 aliphatic heterocycles. The molecular formula is C19H24N4O3S2. The van der Waals surface area contributed by atoms with E-state index in [4.69, 9.17) is 0 Å². The topological polar surface area (TPSA) is 93.1 Å². The summed E-state index contributed by atoms with van der Waals surface area (Å²) in [4.78, 5) is 43.3. The van der Waals surface area contributed by atoms with Crippen molar-refractivity contribution >= 4 is 45.3 Å². The number of urea groups is 1. The van der Waals surface area contributed by atoms with Crippen LogP contribution in [0.15, 0.2) is 22.6 Å². The molecule has 0 saturated heterocycles. The molecule has 1 aliphatic rings. The smallest absolute Gasteiger partial charge is 0.321 e. The molecular weight excluding hydrogens is 396 g/mol. The summed E-state index contributed by atoms with van der Waals surface area (Å²) in [6.07, 6.45) is 4.61. The summed E-state index contributed by atoms with van der Waals surface area (Å²) < 4.78 is 1.56. The van der Waals surface area contributed by atoms with Gasteiger partial charge in [0.25, 0.3) is 5.56 Å². The molecule has 1 aliphatic carbocycles. The first-order chi connectivity index (χ1) is 13.4. The lowest BCUT2D eigenvalue weighted by Crippen LogP contribution is -2.40.